The predicted octanol–water partition coefficient (Wildman–Crippen LogP) is 1.07. The normalized spacial score (nSPS) is 23.6. The van der Waals surface area contributed by atoms with E-state index in [4.69, 9.17) is 0 Å². The van der Waals surface area contributed by atoms with Crippen molar-refractivity contribution in [1.82, 2.24) is 10.6 Å². The Morgan fingerprint density at radius 1 is 1.00 bits per heavy atom. The number of carbonyl (C=O) groups is 2. The van der Waals surface area contributed by atoms with Crippen LogP contribution < -0.4 is 10.6 Å². The molecule has 1 aromatic carbocycles. The molecule has 1 aliphatic heterocycles. The summed E-state index contributed by atoms with van der Waals surface area (Å²) in [6.07, 6.45) is 0. The molecule has 4 heteroatoms. The van der Waals surface area contributed by atoms with Crippen molar-refractivity contribution in [3.8, 4) is 0 Å². The molecule has 0 aromatic heterocycles. The quantitative estimate of drug-likeness (QED) is 0.728. The zero-order chi connectivity index (χ0) is 13.5. The van der Waals surface area contributed by atoms with E-state index in [9.17, 15) is 9.59 Å². The Hall–Kier alpha value is -1.84. The van der Waals surface area contributed by atoms with Gasteiger partial charge in [-0.25, -0.2) is 0 Å². The SMILES string of the molecule is Cc1cc(C)c(C2(C)CNC(=O)C(=O)N2)cc1C. The van der Waals surface area contributed by atoms with Crippen molar-refractivity contribution >= 4 is 11.8 Å². The van der Waals surface area contributed by atoms with Crippen LogP contribution in [0.1, 0.15) is 29.2 Å². The summed E-state index contributed by atoms with van der Waals surface area (Å²) in [5.41, 5.74) is 4.05. The van der Waals surface area contributed by atoms with Crippen LogP contribution >= 0.6 is 0 Å². The third kappa shape index (κ3) is 1.98. The second kappa shape index (κ2) is 4.12. The minimum absolute atomic E-state index is 0.418. The summed E-state index contributed by atoms with van der Waals surface area (Å²) >= 11 is 0. The maximum Gasteiger partial charge on any atom is 0.310 e. The van der Waals surface area contributed by atoms with E-state index in [1.807, 2.05) is 20.8 Å². The Morgan fingerprint density at radius 3 is 2.22 bits per heavy atom. The Bertz CT molecular complexity index is 537. The van der Waals surface area contributed by atoms with Crippen LogP contribution in [0, 0.1) is 20.8 Å². The van der Waals surface area contributed by atoms with E-state index < -0.39 is 17.4 Å². The fourth-order valence-corrected chi connectivity index (χ4v) is 2.41. The van der Waals surface area contributed by atoms with E-state index in [2.05, 4.69) is 29.7 Å². The molecule has 1 atom stereocenters. The number of piperazine rings is 1. The second-order valence-electron chi connectivity index (χ2n) is 5.22. The largest absolute Gasteiger partial charge is 0.345 e. The molecule has 0 aliphatic carbocycles. The third-order valence-electron chi connectivity index (χ3n) is 3.63. The van der Waals surface area contributed by atoms with Gasteiger partial charge in [-0.15, -0.1) is 0 Å². The topological polar surface area (TPSA) is 58.2 Å². The van der Waals surface area contributed by atoms with Crippen molar-refractivity contribution in [2.45, 2.75) is 33.2 Å². The smallest absolute Gasteiger partial charge is 0.310 e. The summed E-state index contributed by atoms with van der Waals surface area (Å²) in [4.78, 5) is 22.7. The number of benzene rings is 1. The Kier molecular flexibility index (Phi) is 2.89. The first kappa shape index (κ1) is 12.6. The van der Waals surface area contributed by atoms with Crippen molar-refractivity contribution in [1.29, 1.82) is 0 Å². The molecule has 1 aromatic rings. The van der Waals surface area contributed by atoms with Gasteiger partial charge in [0.1, 0.15) is 0 Å². The average molecular weight is 246 g/mol. The molecule has 0 bridgehead atoms. The number of hydrogen-bond acceptors (Lipinski definition) is 2. The number of amides is 2. The standard InChI is InChI=1S/C14H18N2O2/c1-8-5-10(3)11(6-9(8)2)14(4)7-15-12(17)13(18)16-14/h5-6H,7H2,1-4H3,(H,15,17)(H,16,18). The monoisotopic (exact) mass is 246 g/mol. The van der Waals surface area contributed by atoms with Gasteiger partial charge in [-0.2, -0.15) is 0 Å². The van der Waals surface area contributed by atoms with Crippen molar-refractivity contribution in [3.05, 3.63) is 34.4 Å². The maximum atomic E-state index is 11.5. The molecule has 2 N–H and O–H groups in total. The van der Waals surface area contributed by atoms with Gasteiger partial charge in [0, 0.05) is 6.54 Å². The van der Waals surface area contributed by atoms with Crippen LogP contribution in [0.4, 0.5) is 0 Å². The first-order chi connectivity index (χ1) is 8.33. The molecule has 1 unspecified atom stereocenters. The van der Waals surface area contributed by atoms with Gasteiger partial charge in [-0.05, 0) is 49.9 Å². The van der Waals surface area contributed by atoms with E-state index in [0.717, 1.165) is 11.1 Å². The van der Waals surface area contributed by atoms with Gasteiger partial charge in [0.05, 0.1) is 5.54 Å². The number of nitrogens with one attached hydrogen (secondary N) is 2. The molecule has 18 heavy (non-hydrogen) atoms. The summed E-state index contributed by atoms with van der Waals surface area (Å²) in [5.74, 6) is -1.13. The maximum absolute atomic E-state index is 11.5. The molecular formula is C14H18N2O2. The van der Waals surface area contributed by atoms with Gasteiger partial charge in [-0.1, -0.05) is 12.1 Å². The van der Waals surface area contributed by atoms with Crippen LogP contribution in [-0.2, 0) is 15.1 Å². The predicted molar refractivity (Wildman–Crippen MR) is 69.2 cm³/mol. The van der Waals surface area contributed by atoms with Crippen LogP contribution in [0.15, 0.2) is 12.1 Å². The van der Waals surface area contributed by atoms with Gasteiger partial charge in [0.25, 0.3) is 0 Å². The van der Waals surface area contributed by atoms with Crippen LogP contribution in [0.3, 0.4) is 0 Å². The lowest BCUT2D eigenvalue weighted by Gasteiger charge is -2.36. The van der Waals surface area contributed by atoms with Crippen LogP contribution in [0.25, 0.3) is 0 Å². The number of rotatable bonds is 1. The molecule has 96 valence electrons. The van der Waals surface area contributed by atoms with Crippen LogP contribution in [0.2, 0.25) is 0 Å². The molecule has 1 fully saturated rings. The molecule has 1 heterocycles. The van der Waals surface area contributed by atoms with Crippen molar-refractivity contribution in [2.24, 2.45) is 0 Å². The average Bonchev–Trinajstić information content (AvgIpc) is 2.29. The summed E-state index contributed by atoms with van der Waals surface area (Å²) in [5, 5.41) is 5.43. The van der Waals surface area contributed by atoms with Gasteiger partial charge < -0.3 is 10.6 Å². The lowest BCUT2D eigenvalue weighted by atomic mass is 9.85. The van der Waals surface area contributed by atoms with E-state index in [1.165, 1.54) is 11.1 Å². The highest BCUT2D eigenvalue weighted by atomic mass is 16.2. The summed E-state index contributed by atoms with van der Waals surface area (Å²) in [6, 6.07) is 4.20. The highest BCUT2D eigenvalue weighted by Crippen LogP contribution is 2.27. The molecule has 0 spiro atoms. The minimum Gasteiger partial charge on any atom is -0.345 e. The molecule has 0 saturated carbocycles. The first-order valence-electron chi connectivity index (χ1n) is 6.02. The molecule has 4 nitrogen and oxygen atoms in total. The van der Waals surface area contributed by atoms with E-state index >= 15 is 0 Å². The highest BCUT2D eigenvalue weighted by Gasteiger charge is 2.37. The Labute approximate surface area is 107 Å². The number of carbonyl (C=O) groups excluding carboxylic acids is 2. The lowest BCUT2D eigenvalue weighted by Crippen LogP contribution is -2.61. The molecule has 0 radical (unpaired) electrons. The van der Waals surface area contributed by atoms with E-state index in [-0.39, 0.29) is 0 Å². The Balaban J connectivity index is 2.45. The van der Waals surface area contributed by atoms with Crippen molar-refractivity contribution < 1.29 is 9.59 Å². The number of aryl methyl sites for hydroxylation is 3. The summed E-state index contributed by atoms with van der Waals surface area (Å²) < 4.78 is 0. The summed E-state index contributed by atoms with van der Waals surface area (Å²) in [6.45, 7) is 8.48. The van der Waals surface area contributed by atoms with Gasteiger partial charge >= 0.3 is 11.8 Å². The fraction of sp³-hybridized carbons (Fsp3) is 0.429. The van der Waals surface area contributed by atoms with E-state index in [1.54, 1.807) is 0 Å². The number of hydrogen-bond donors (Lipinski definition) is 2. The Morgan fingerprint density at radius 2 is 1.61 bits per heavy atom. The summed E-state index contributed by atoms with van der Waals surface area (Å²) in [7, 11) is 0. The van der Waals surface area contributed by atoms with Gasteiger partial charge in [0.2, 0.25) is 0 Å². The van der Waals surface area contributed by atoms with Crippen LogP contribution in [-0.4, -0.2) is 18.4 Å². The molecule has 1 aliphatic rings. The molecule has 1 saturated heterocycles. The zero-order valence-corrected chi connectivity index (χ0v) is 11.2. The third-order valence-corrected chi connectivity index (χ3v) is 3.63. The first-order valence-corrected chi connectivity index (χ1v) is 6.02. The van der Waals surface area contributed by atoms with Gasteiger partial charge in [0.15, 0.2) is 0 Å². The van der Waals surface area contributed by atoms with Gasteiger partial charge in [-0.3, -0.25) is 9.59 Å². The minimum atomic E-state index is -0.568. The van der Waals surface area contributed by atoms with E-state index in [0.29, 0.717) is 6.54 Å². The molecule has 2 rings (SSSR count). The second-order valence-corrected chi connectivity index (χ2v) is 5.22. The lowest BCUT2D eigenvalue weighted by molar-refractivity contribution is -0.142. The zero-order valence-electron chi connectivity index (χ0n) is 11.2. The fourth-order valence-electron chi connectivity index (χ4n) is 2.41. The highest BCUT2D eigenvalue weighted by molar-refractivity contribution is 6.35. The van der Waals surface area contributed by atoms with Crippen molar-refractivity contribution in [3.63, 3.8) is 0 Å². The molecular weight excluding hydrogens is 228 g/mol. The van der Waals surface area contributed by atoms with Crippen molar-refractivity contribution in [2.75, 3.05) is 6.54 Å². The van der Waals surface area contributed by atoms with Crippen LogP contribution in [0.5, 0.6) is 0 Å². The molecule has 2 amide bonds.